The van der Waals surface area contributed by atoms with Gasteiger partial charge in [0.15, 0.2) is 0 Å². The lowest BCUT2D eigenvalue weighted by atomic mass is 9.94. The summed E-state index contributed by atoms with van der Waals surface area (Å²) in [4.78, 5) is 13.0. The summed E-state index contributed by atoms with van der Waals surface area (Å²) in [6, 6.07) is 70.0. The lowest BCUT2D eigenvalue weighted by molar-refractivity contribution is 0.669. The average molecular weight is 716 g/mol. The van der Waals surface area contributed by atoms with E-state index in [1.165, 1.54) is 0 Å². The van der Waals surface area contributed by atoms with Crippen molar-refractivity contribution in [1.82, 2.24) is 9.97 Å². The van der Waals surface area contributed by atoms with Crippen LogP contribution < -0.4 is 4.90 Å². The van der Waals surface area contributed by atoms with Gasteiger partial charge in [0.25, 0.3) is 0 Å². The summed E-state index contributed by atoms with van der Waals surface area (Å²) in [5.41, 5.74) is 12.8. The summed E-state index contributed by atoms with van der Waals surface area (Å²) >= 11 is 0. The molecule has 0 aliphatic rings. The third-order valence-electron chi connectivity index (χ3n) is 10.8. The maximum absolute atomic E-state index is 6.62. The van der Waals surface area contributed by atoms with Crippen LogP contribution in [0.1, 0.15) is 0 Å². The van der Waals surface area contributed by atoms with E-state index in [1.807, 2.05) is 24.3 Å². The molecule has 2 heterocycles. The molecule has 0 amide bonds. The topological polar surface area (TPSA) is 42.2 Å². The molecule has 0 atom stereocenters. The van der Waals surface area contributed by atoms with E-state index in [0.717, 1.165) is 105 Å². The predicted molar refractivity (Wildman–Crippen MR) is 233 cm³/mol. The molecule has 0 N–H and O–H groups in total. The van der Waals surface area contributed by atoms with Crippen molar-refractivity contribution in [3.8, 4) is 33.6 Å². The van der Waals surface area contributed by atoms with Gasteiger partial charge in [0.1, 0.15) is 11.2 Å². The normalized spacial score (nSPS) is 11.6. The van der Waals surface area contributed by atoms with Crippen LogP contribution in [0.5, 0.6) is 0 Å². The highest BCUT2D eigenvalue weighted by atomic mass is 16.3. The quantitative estimate of drug-likeness (QED) is 0.161. The molecule has 4 heteroatoms. The number of aromatic nitrogens is 2. The highest BCUT2D eigenvalue weighted by molar-refractivity contribution is 6.20. The SMILES string of the molecule is c1ccc(-c2nc3ccc4ccc5cc(-c6cccc7oc8cc(N(c9ccccc9)c9ccccc9)ccc8c67)ccc5c4c3nc2-c2ccccc2)cc1. The first kappa shape index (κ1) is 31.9. The van der Waals surface area contributed by atoms with Crippen LogP contribution in [-0.4, -0.2) is 9.97 Å². The Balaban J connectivity index is 1.06. The number of hydrogen-bond donors (Lipinski definition) is 0. The van der Waals surface area contributed by atoms with Crippen molar-refractivity contribution in [2.24, 2.45) is 0 Å². The van der Waals surface area contributed by atoms with Crippen molar-refractivity contribution in [3.05, 3.63) is 200 Å². The molecule has 0 aliphatic heterocycles. The molecule has 0 bridgehead atoms. The molecule has 0 saturated carbocycles. The van der Waals surface area contributed by atoms with E-state index in [4.69, 9.17) is 14.4 Å². The van der Waals surface area contributed by atoms with Gasteiger partial charge in [-0.05, 0) is 81.9 Å². The largest absolute Gasteiger partial charge is 0.456 e. The number of fused-ring (bicyclic) bond motifs is 8. The minimum Gasteiger partial charge on any atom is -0.456 e. The number of nitrogens with zero attached hydrogens (tertiary/aromatic N) is 3. The molecule has 0 saturated heterocycles. The van der Waals surface area contributed by atoms with Gasteiger partial charge in [0.2, 0.25) is 0 Å². The predicted octanol–water partition coefficient (Wildman–Crippen LogP) is 14.3. The van der Waals surface area contributed by atoms with E-state index in [0.29, 0.717) is 0 Å². The second-order valence-electron chi connectivity index (χ2n) is 14.2. The maximum Gasteiger partial charge on any atom is 0.137 e. The van der Waals surface area contributed by atoms with Crippen molar-refractivity contribution in [2.75, 3.05) is 4.90 Å². The minimum atomic E-state index is 0.850. The Kier molecular flexibility index (Phi) is 7.46. The summed E-state index contributed by atoms with van der Waals surface area (Å²) in [5.74, 6) is 0. The number of anilines is 3. The molecule has 0 unspecified atom stereocenters. The molecule has 262 valence electrons. The van der Waals surface area contributed by atoms with Gasteiger partial charge in [-0.2, -0.15) is 0 Å². The van der Waals surface area contributed by atoms with Crippen molar-refractivity contribution in [2.45, 2.75) is 0 Å². The van der Waals surface area contributed by atoms with Crippen LogP contribution in [-0.2, 0) is 0 Å². The fourth-order valence-electron chi connectivity index (χ4n) is 8.22. The average Bonchev–Trinajstić information content (AvgIpc) is 3.65. The Bertz CT molecular complexity index is 3190. The Morgan fingerprint density at radius 1 is 0.375 bits per heavy atom. The van der Waals surface area contributed by atoms with Crippen LogP contribution in [0.25, 0.3) is 88.2 Å². The number of rotatable bonds is 6. The Morgan fingerprint density at radius 2 is 0.982 bits per heavy atom. The van der Waals surface area contributed by atoms with Crippen molar-refractivity contribution in [1.29, 1.82) is 0 Å². The fraction of sp³-hybridized carbons (Fsp3) is 0. The zero-order valence-electron chi connectivity index (χ0n) is 30.3. The summed E-state index contributed by atoms with van der Waals surface area (Å²) in [6.45, 7) is 0. The molecule has 11 rings (SSSR count). The molecule has 0 fully saturated rings. The van der Waals surface area contributed by atoms with E-state index in [1.54, 1.807) is 0 Å². The Hall–Kier alpha value is -7.56. The van der Waals surface area contributed by atoms with Crippen molar-refractivity contribution < 1.29 is 4.42 Å². The standard InChI is InChI=1S/C52H33N3O/c1-5-14-35(15-6-1)50-51(36-16-7-2-8-17-36)54-52-45(53-50)31-27-34-24-25-37-32-38(26-29-43(37)48(34)52)42-22-13-23-46-49(42)44-30-28-41(33-47(44)56-46)55(39-18-9-3-10-19-39)40-20-11-4-12-21-40/h1-33H. The Morgan fingerprint density at radius 3 is 1.68 bits per heavy atom. The molecular formula is C52H33N3O. The first-order valence-corrected chi connectivity index (χ1v) is 18.9. The van der Waals surface area contributed by atoms with Gasteiger partial charge in [-0.1, -0.05) is 140 Å². The lowest BCUT2D eigenvalue weighted by Gasteiger charge is -2.25. The van der Waals surface area contributed by atoms with Crippen LogP contribution in [0.4, 0.5) is 17.1 Å². The third-order valence-corrected chi connectivity index (χ3v) is 10.8. The van der Waals surface area contributed by atoms with Gasteiger partial charge in [-0.3, -0.25) is 0 Å². The van der Waals surface area contributed by atoms with E-state index in [2.05, 4.69) is 181 Å². The van der Waals surface area contributed by atoms with Gasteiger partial charge in [-0.25, -0.2) is 9.97 Å². The van der Waals surface area contributed by atoms with Crippen LogP contribution in [0.2, 0.25) is 0 Å². The zero-order chi connectivity index (χ0) is 37.0. The maximum atomic E-state index is 6.62. The third kappa shape index (κ3) is 5.31. The lowest BCUT2D eigenvalue weighted by Crippen LogP contribution is -2.09. The number of benzene rings is 9. The summed E-state index contributed by atoms with van der Waals surface area (Å²) in [6.07, 6.45) is 0. The van der Waals surface area contributed by atoms with Crippen molar-refractivity contribution in [3.63, 3.8) is 0 Å². The minimum absolute atomic E-state index is 0.850. The Labute approximate surface area is 323 Å². The molecule has 0 radical (unpaired) electrons. The van der Waals surface area contributed by atoms with Crippen molar-refractivity contribution >= 4 is 71.6 Å². The van der Waals surface area contributed by atoms with Crippen LogP contribution in [0.15, 0.2) is 205 Å². The molecule has 0 aliphatic carbocycles. The highest BCUT2D eigenvalue weighted by Crippen LogP contribution is 2.43. The molecule has 2 aromatic heterocycles. The van der Waals surface area contributed by atoms with E-state index in [9.17, 15) is 0 Å². The van der Waals surface area contributed by atoms with Gasteiger partial charge < -0.3 is 9.32 Å². The monoisotopic (exact) mass is 715 g/mol. The highest BCUT2D eigenvalue weighted by Gasteiger charge is 2.19. The summed E-state index contributed by atoms with van der Waals surface area (Å²) in [7, 11) is 0. The van der Waals surface area contributed by atoms with Gasteiger partial charge in [0, 0.05) is 50.4 Å². The van der Waals surface area contributed by atoms with E-state index in [-0.39, 0.29) is 0 Å². The number of hydrogen-bond acceptors (Lipinski definition) is 4. The number of para-hydroxylation sites is 2. The second-order valence-corrected chi connectivity index (χ2v) is 14.2. The molecule has 9 aromatic carbocycles. The molecule has 11 aromatic rings. The molecule has 56 heavy (non-hydrogen) atoms. The summed E-state index contributed by atoms with van der Waals surface area (Å²) in [5, 5.41) is 6.73. The van der Waals surface area contributed by atoms with Crippen LogP contribution in [0.3, 0.4) is 0 Å². The van der Waals surface area contributed by atoms with E-state index >= 15 is 0 Å². The fourth-order valence-corrected chi connectivity index (χ4v) is 8.22. The van der Waals surface area contributed by atoms with Crippen LogP contribution >= 0.6 is 0 Å². The number of furan rings is 1. The van der Waals surface area contributed by atoms with E-state index < -0.39 is 0 Å². The molecule has 0 spiro atoms. The van der Waals surface area contributed by atoms with Gasteiger partial charge in [-0.15, -0.1) is 0 Å². The summed E-state index contributed by atoms with van der Waals surface area (Å²) < 4.78 is 6.62. The van der Waals surface area contributed by atoms with Gasteiger partial charge in [0.05, 0.1) is 22.4 Å². The first-order valence-electron chi connectivity index (χ1n) is 18.9. The molecule has 4 nitrogen and oxygen atoms in total. The first-order chi connectivity index (χ1) is 27.8. The molecular weight excluding hydrogens is 683 g/mol. The van der Waals surface area contributed by atoms with Crippen LogP contribution in [0, 0.1) is 0 Å². The smallest absolute Gasteiger partial charge is 0.137 e. The second kappa shape index (κ2) is 13.1. The zero-order valence-corrected chi connectivity index (χ0v) is 30.3. The van der Waals surface area contributed by atoms with Gasteiger partial charge >= 0.3 is 0 Å².